The molecule has 2 aromatic carbocycles. The van der Waals surface area contributed by atoms with Crippen molar-refractivity contribution in [3.05, 3.63) is 71.9 Å². The Morgan fingerprint density at radius 1 is 1.10 bits per heavy atom. The van der Waals surface area contributed by atoms with Gasteiger partial charge in [0, 0.05) is 30.3 Å². The molecule has 5 rings (SSSR count). The molecule has 1 aliphatic heterocycles. The number of hydrogen-bond donors (Lipinski definition) is 2. The topological polar surface area (TPSA) is 90.9 Å². The lowest BCUT2D eigenvalue weighted by molar-refractivity contribution is 0.109. The van der Waals surface area contributed by atoms with Crippen molar-refractivity contribution in [1.82, 2.24) is 19.5 Å². The van der Waals surface area contributed by atoms with Gasteiger partial charge in [0.25, 0.3) is 0 Å². The number of benzene rings is 2. The second-order valence-corrected chi connectivity index (χ2v) is 7.10. The zero-order chi connectivity index (χ0) is 19.6. The highest BCUT2D eigenvalue weighted by Gasteiger charge is 2.19. The third-order valence-electron chi connectivity index (χ3n) is 5.09. The van der Waals surface area contributed by atoms with Crippen LogP contribution < -0.4 is 11.1 Å². The van der Waals surface area contributed by atoms with Crippen LogP contribution in [0.1, 0.15) is 17.0 Å². The first kappa shape index (κ1) is 17.8. The van der Waals surface area contributed by atoms with Crippen LogP contribution in [-0.2, 0) is 24.2 Å². The Balaban J connectivity index is 1.54. The molecule has 0 saturated carbocycles. The van der Waals surface area contributed by atoms with E-state index in [1.54, 1.807) is 6.33 Å². The minimum absolute atomic E-state index is 0.508. The van der Waals surface area contributed by atoms with Gasteiger partial charge in [-0.05, 0) is 29.4 Å². The minimum Gasteiger partial charge on any atom is -0.376 e. The fourth-order valence-electron chi connectivity index (χ4n) is 3.59. The first-order valence-electron chi connectivity index (χ1n) is 9.77. The number of nitrogens with two attached hydrogens (primary N) is 1. The lowest BCUT2D eigenvalue weighted by atomic mass is 10.1. The maximum absolute atomic E-state index is 5.67. The Kier molecular flexibility index (Phi) is 4.67. The third-order valence-corrected chi connectivity index (χ3v) is 5.09. The van der Waals surface area contributed by atoms with Crippen molar-refractivity contribution in [3.63, 3.8) is 0 Å². The van der Waals surface area contributed by atoms with Crippen LogP contribution in [0.5, 0.6) is 0 Å². The van der Waals surface area contributed by atoms with Crippen LogP contribution in [0.4, 0.5) is 11.5 Å². The molecule has 0 amide bonds. The smallest absolute Gasteiger partial charge is 0.237 e. The highest BCUT2D eigenvalue weighted by atomic mass is 16.5. The number of ether oxygens (including phenoxy) is 1. The quantitative estimate of drug-likeness (QED) is 0.548. The summed E-state index contributed by atoms with van der Waals surface area (Å²) in [7, 11) is 0. The summed E-state index contributed by atoms with van der Waals surface area (Å²) in [6, 6.07) is 14.6. The van der Waals surface area contributed by atoms with E-state index in [0.29, 0.717) is 25.7 Å². The number of rotatable bonds is 5. The van der Waals surface area contributed by atoms with Gasteiger partial charge in [0.1, 0.15) is 12.1 Å². The van der Waals surface area contributed by atoms with E-state index in [-0.39, 0.29) is 0 Å². The number of anilines is 2. The molecule has 0 spiro atoms. The van der Waals surface area contributed by atoms with Gasteiger partial charge in [-0.15, -0.1) is 0 Å². The summed E-state index contributed by atoms with van der Waals surface area (Å²) in [6.45, 7) is 1.74. The zero-order valence-electron chi connectivity index (χ0n) is 16.0. The predicted octanol–water partition coefficient (Wildman–Crippen LogP) is 3.13. The van der Waals surface area contributed by atoms with E-state index < -0.39 is 0 Å². The van der Waals surface area contributed by atoms with Crippen molar-refractivity contribution in [3.8, 4) is 5.95 Å². The second kappa shape index (κ2) is 7.62. The molecule has 4 aromatic rings. The van der Waals surface area contributed by atoms with Gasteiger partial charge >= 0.3 is 0 Å². The monoisotopic (exact) mass is 386 g/mol. The van der Waals surface area contributed by atoms with Crippen molar-refractivity contribution in [1.29, 1.82) is 0 Å². The molecule has 3 N–H and O–H groups in total. The normalized spacial score (nSPS) is 13.4. The molecule has 0 unspecified atom stereocenters. The molecule has 3 heterocycles. The van der Waals surface area contributed by atoms with Crippen LogP contribution in [0.2, 0.25) is 0 Å². The van der Waals surface area contributed by atoms with Gasteiger partial charge < -0.3 is 15.8 Å². The largest absolute Gasteiger partial charge is 0.376 e. The number of nitrogens with zero attached hydrogens (tertiary/aromatic N) is 4. The lowest BCUT2D eigenvalue weighted by Gasteiger charge is -2.20. The first-order chi connectivity index (χ1) is 14.3. The molecule has 2 aromatic heterocycles. The standard InChI is InChI=1S/C22H22N6O/c23-9-7-18-12-28(14-24-18)22-26-20-8-10-29-13-19(20)21(27-22)25-17-6-5-15-3-1-2-4-16(15)11-17/h1-6,11-12,14H,7-10,13,23H2,(H,25,26,27). The third kappa shape index (κ3) is 3.57. The van der Waals surface area contributed by atoms with Gasteiger partial charge in [-0.25, -0.2) is 9.97 Å². The Morgan fingerprint density at radius 3 is 2.90 bits per heavy atom. The van der Waals surface area contributed by atoms with E-state index in [1.165, 1.54) is 10.8 Å². The fourth-order valence-corrected chi connectivity index (χ4v) is 3.59. The summed E-state index contributed by atoms with van der Waals surface area (Å²) in [6.07, 6.45) is 5.18. The van der Waals surface area contributed by atoms with Crippen LogP contribution in [-0.4, -0.2) is 32.7 Å². The fraction of sp³-hybridized carbons (Fsp3) is 0.227. The van der Waals surface area contributed by atoms with Crippen molar-refractivity contribution >= 4 is 22.3 Å². The summed E-state index contributed by atoms with van der Waals surface area (Å²) < 4.78 is 7.53. The molecule has 7 heteroatoms. The van der Waals surface area contributed by atoms with Crippen molar-refractivity contribution in [2.24, 2.45) is 5.73 Å². The van der Waals surface area contributed by atoms with Crippen molar-refractivity contribution in [2.45, 2.75) is 19.4 Å². The van der Waals surface area contributed by atoms with E-state index >= 15 is 0 Å². The Labute approximate surface area is 168 Å². The molecule has 29 heavy (non-hydrogen) atoms. The van der Waals surface area contributed by atoms with Gasteiger partial charge in [-0.2, -0.15) is 4.98 Å². The molecule has 0 aliphatic carbocycles. The molecule has 7 nitrogen and oxygen atoms in total. The first-order valence-corrected chi connectivity index (χ1v) is 9.77. The minimum atomic E-state index is 0.508. The highest BCUT2D eigenvalue weighted by molar-refractivity contribution is 5.86. The summed E-state index contributed by atoms with van der Waals surface area (Å²) in [5, 5.41) is 5.87. The Hall–Kier alpha value is -3.29. The summed E-state index contributed by atoms with van der Waals surface area (Å²) >= 11 is 0. The average Bonchev–Trinajstić information content (AvgIpc) is 3.23. The molecule has 0 atom stereocenters. The van der Waals surface area contributed by atoms with Crippen LogP contribution in [0.25, 0.3) is 16.7 Å². The molecule has 0 radical (unpaired) electrons. The Morgan fingerprint density at radius 2 is 2.00 bits per heavy atom. The van der Waals surface area contributed by atoms with E-state index in [1.807, 2.05) is 22.9 Å². The predicted molar refractivity (Wildman–Crippen MR) is 113 cm³/mol. The molecule has 0 bridgehead atoms. The van der Waals surface area contributed by atoms with Gasteiger partial charge in [0.2, 0.25) is 5.95 Å². The van der Waals surface area contributed by atoms with Gasteiger partial charge in [-0.3, -0.25) is 4.57 Å². The van der Waals surface area contributed by atoms with Crippen LogP contribution in [0, 0.1) is 0 Å². The van der Waals surface area contributed by atoms with Gasteiger partial charge in [-0.1, -0.05) is 30.3 Å². The molecule has 1 aliphatic rings. The number of hydrogen-bond acceptors (Lipinski definition) is 6. The summed E-state index contributed by atoms with van der Waals surface area (Å²) in [4.78, 5) is 14.0. The van der Waals surface area contributed by atoms with Crippen LogP contribution >= 0.6 is 0 Å². The van der Waals surface area contributed by atoms with E-state index in [0.717, 1.165) is 41.3 Å². The summed E-state index contributed by atoms with van der Waals surface area (Å²) in [5.74, 6) is 1.37. The number of imidazole rings is 1. The van der Waals surface area contributed by atoms with E-state index in [2.05, 4.69) is 40.6 Å². The number of fused-ring (bicyclic) bond motifs is 2. The van der Waals surface area contributed by atoms with Crippen LogP contribution in [0.3, 0.4) is 0 Å². The summed E-state index contributed by atoms with van der Waals surface area (Å²) in [5.41, 5.74) is 9.58. The average molecular weight is 386 g/mol. The van der Waals surface area contributed by atoms with Gasteiger partial charge in [0.15, 0.2) is 0 Å². The maximum Gasteiger partial charge on any atom is 0.237 e. The van der Waals surface area contributed by atoms with Crippen molar-refractivity contribution in [2.75, 3.05) is 18.5 Å². The Bertz CT molecular complexity index is 1170. The van der Waals surface area contributed by atoms with Gasteiger partial charge in [0.05, 0.1) is 24.6 Å². The van der Waals surface area contributed by atoms with Crippen molar-refractivity contribution < 1.29 is 4.74 Å². The molecule has 146 valence electrons. The van der Waals surface area contributed by atoms with E-state index in [9.17, 15) is 0 Å². The van der Waals surface area contributed by atoms with Crippen LogP contribution in [0.15, 0.2) is 55.0 Å². The lowest BCUT2D eigenvalue weighted by Crippen LogP contribution is -2.17. The molecular formula is C22H22N6O. The SMILES string of the molecule is NCCc1cn(-c2nc3c(c(Nc4ccc5ccccc5c4)n2)COCC3)cn1. The molecule has 0 saturated heterocycles. The number of aromatic nitrogens is 4. The second-order valence-electron chi connectivity index (χ2n) is 7.10. The molecular weight excluding hydrogens is 364 g/mol. The number of nitrogens with one attached hydrogen (secondary N) is 1. The highest BCUT2D eigenvalue weighted by Crippen LogP contribution is 2.28. The zero-order valence-corrected chi connectivity index (χ0v) is 16.0. The molecule has 0 fully saturated rings. The van der Waals surface area contributed by atoms with E-state index in [4.69, 9.17) is 20.4 Å². The maximum atomic E-state index is 5.67.